The van der Waals surface area contributed by atoms with Gasteiger partial charge in [-0.3, -0.25) is 0 Å². The van der Waals surface area contributed by atoms with Crippen LogP contribution in [0.3, 0.4) is 0 Å². The number of rotatable bonds is 3. The first-order valence-electron chi connectivity index (χ1n) is 7.90. The Kier molecular flexibility index (Phi) is 5.43. The second-order valence-electron chi connectivity index (χ2n) is 5.67. The number of hydrogen-bond acceptors (Lipinski definition) is 4. The van der Waals surface area contributed by atoms with Crippen LogP contribution in [0.1, 0.15) is 11.7 Å². The van der Waals surface area contributed by atoms with Crippen LogP contribution in [-0.4, -0.2) is 34.5 Å². The molecule has 1 N–H and O–H groups in total. The molecule has 1 aromatic heterocycles. The molecule has 0 bridgehead atoms. The van der Waals surface area contributed by atoms with Crippen molar-refractivity contribution in [3.05, 3.63) is 66.2 Å². The minimum Gasteiger partial charge on any atom is -0.371 e. The lowest BCUT2D eigenvalue weighted by molar-refractivity contribution is 0.0277. The highest BCUT2D eigenvalue weighted by Crippen LogP contribution is 2.21. The molecular formula is C18H18ClFN4O. The molecule has 1 saturated heterocycles. The SMILES string of the molecule is Cl.Fc1ccc(-c2ncn(-c3ccc([C@H]4CNCCO4)cc3)n2)cc1. The number of aromatic nitrogens is 3. The van der Waals surface area contributed by atoms with E-state index in [2.05, 4.69) is 15.4 Å². The minimum absolute atomic E-state index is 0. The maximum Gasteiger partial charge on any atom is 0.181 e. The fourth-order valence-corrected chi connectivity index (χ4v) is 2.74. The Balaban J connectivity index is 0.00000182. The van der Waals surface area contributed by atoms with Crippen molar-refractivity contribution in [1.29, 1.82) is 0 Å². The topological polar surface area (TPSA) is 52.0 Å². The first-order valence-corrected chi connectivity index (χ1v) is 7.90. The smallest absolute Gasteiger partial charge is 0.181 e. The molecule has 1 atom stereocenters. The van der Waals surface area contributed by atoms with Crippen molar-refractivity contribution < 1.29 is 9.13 Å². The summed E-state index contributed by atoms with van der Waals surface area (Å²) in [6, 6.07) is 14.2. The van der Waals surface area contributed by atoms with Crippen LogP contribution >= 0.6 is 12.4 Å². The molecule has 3 aromatic rings. The largest absolute Gasteiger partial charge is 0.371 e. The van der Waals surface area contributed by atoms with Gasteiger partial charge >= 0.3 is 0 Å². The van der Waals surface area contributed by atoms with Crippen LogP contribution in [0.15, 0.2) is 54.9 Å². The van der Waals surface area contributed by atoms with Crippen molar-refractivity contribution in [3.63, 3.8) is 0 Å². The first kappa shape index (κ1) is 17.5. The lowest BCUT2D eigenvalue weighted by Gasteiger charge is -2.24. The molecule has 2 heterocycles. The predicted molar refractivity (Wildman–Crippen MR) is 95.6 cm³/mol. The summed E-state index contributed by atoms with van der Waals surface area (Å²) in [5.41, 5.74) is 2.85. The van der Waals surface area contributed by atoms with E-state index in [1.54, 1.807) is 23.1 Å². The Morgan fingerprint density at radius 2 is 1.84 bits per heavy atom. The van der Waals surface area contributed by atoms with Gasteiger partial charge in [-0.25, -0.2) is 14.1 Å². The Hall–Kier alpha value is -2.28. The van der Waals surface area contributed by atoms with Gasteiger partial charge in [0.1, 0.15) is 12.1 Å². The highest BCUT2D eigenvalue weighted by molar-refractivity contribution is 5.85. The maximum absolute atomic E-state index is 13.0. The van der Waals surface area contributed by atoms with Gasteiger partial charge in [0.15, 0.2) is 5.82 Å². The highest BCUT2D eigenvalue weighted by atomic mass is 35.5. The summed E-state index contributed by atoms with van der Waals surface area (Å²) in [4.78, 5) is 4.30. The summed E-state index contributed by atoms with van der Waals surface area (Å²) < 4.78 is 20.5. The summed E-state index contributed by atoms with van der Waals surface area (Å²) in [6.45, 7) is 2.47. The summed E-state index contributed by atoms with van der Waals surface area (Å²) in [7, 11) is 0. The van der Waals surface area contributed by atoms with Crippen LogP contribution in [0.2, 0.25) is 0 Å². The average molecular weight is 361 g/mol. The van der Waals surface area contributed by atoms with Crippen LogP contribution in [0, 0.1) is 5.82 Å². The Morgan fingerprint density at radius 1 is 1.08 bits per heavy atom. The molecule has 2 aromatic carbocycles. The van der Waals surface area contributed by atoms with Gasteiger partial charge < -0.3 is 10.1 Å². The lowest BCUT2D eigenvalue weighted by Crippen LogP contribution is -2.33. The van der Waals surface area contributed by atoms with Gasteiger partial charge in [-0.15, -0.1) is 17.5 Å². The number of morpholine rings is 1. The van der Waals surface area contributed by atoms with E-state index < -0.39 is 0 Å². The van der Waals surface area contributed by atoms with Gasteiger partial charge in [0.2, 0.25) is 0 Å². The van der Waals surface area contributed by atoms with Crippen molar-refractivity contribution in [2.24, 2.45) is 0 Å². The van der Waals surface area contributed by atoms with Crippen molar-refractivity contribution in [1.82, 2.24) is 20.1 Å². The molecule has 0 spiro atoms. The third kappa shape index (κ3) is 3.87. The fraction of sp³-hybridized carbons (Fsp3) is 0.222. The number of halogens is 2. The molecule has 7 heteroatoms. The fourth-order valence-electron chi connectivity index (χ4n) is 2.74. The highest BCUT2D eigenvalue weighted by Gasteiger charge is 2.15. The van der Waals surface area contributed by atoms with Gasteiger partial charge in [0.05, 0.1) is 18.4 Å². The van der Waals surface area contributed by atoms with E-state index in [0.717, 1.165) is 36.5 Å². The quantitative estimate of drug-likeness (QED) is 0.779. The van der Waals surface area contributed by atoms with E-state index in [1.165, 1.54) is 12.1 Å². The van der Waals surface area contributed by atoms with E-state index in [4.69, 9.17) is 4.74 Å². The predicted octanol–water partition coefficient (Wildman–Crippen LogP) is 3.16. The lowest BCUT2D eigenvalue weighted by atomic mass is 10.1. The minimum atomic E-state index is -0.270. The molecule has 1 aliphatic rings. The van der Waals surface area contributed by atoms with Crippen molar-refractivity contribution in [2.45, 2.75) is 6.10 Å². The van der Waals surface area contributed by atoms with Crippen molar-refractivity contribution >= 4 is 12.4 Å². The molecule has 0 aliphatic carbocycles. The summed E-state index contributed by atoms with van der Waals surface area (Å²) in [6.07, 6.45) is 1.75. The molecule has 5 nitrogen and oxygen atoms in total. The van der Waals surface area contributed by atoms with Crippen molar-refractivity contribution in [2.75, 3.05) is 19.7 Å². The van der Waals surface area contributed by atoms with Crippen molar-refractivity contribution in [3.8, 4) is 17.1 Å². The zero-order valence-corrected chi connectivity index (χ0v) is 14.2. The van der Waals surface area contributed by atoms with E-state index in [0.29, 0.717) is 5.82 Å². The molecule has 1 fully saturated rings. The molecule has 0 saturated carbocycles. The van der Waals surface area contributed by atoms with Crippen LogP contribution < -0.4 is 5.32 Å². The number of hydrogen-bond donors (Lipinski definition) is 1. The third-order valence-corrected chi connectivity index (χ3v) is 4.05. The second kappa shape index (κ2) is 7.74. The van der Waals surface area contributed by atoms with E-state index in [1.807, 2.05) is 24.3 Å². The zero-order valence-electron chi connectivity index (χ0n) is 13.4. The van der Waals surface area contributed by atoms with Gasteiger partial charge in [-0.2, -0.15) is 0 Å². The Morgan fingerprint density at radius 3 is 2.52 bits per heavy atom. The zero-order chi connectivity index (χ0) is 16.4. The number of nitrogens with one attached hydrogen (secondary N) is 1. The molecule has 130 valence electrons. The van der Waals surface area contributed by atoms with Gasteiger partial charge in [0, 0.05) is 18.7 Å². The number of nitrogens with zero attached hydrogens (tertiary/aromatic N) is 3. The first-order chi connectivity index (χ1) is 11.8. The Bertz CT molecular complexity index is 814. The molecule has 25 heavy (non-hydrogen) atoms. The summed E-state index contributed by atoms with van der Waals surface area (Å²) in [5.74, 6) is 0.298. The molecule has 0 unspecified atom stereocenters. The number of ether oxygens (including phenoxy) is 1. The molecule has 4 rings (SSSR count). The molecular weight excluding hydrogens is 343 g/mol. The molecule has 0 amide bonds. The third-order valence-electron chi connectivity index (χ3n) is 4.05. The maximum atomic E-state index is 13.0. The van der Waals surface area contributed by atoms with E-state index >= 15 is 0 Å². The van der Waals surface area contributed by atoms with Crippen LogP contribution in [0.5, 0.6) is 0 Å². The van der Waals surface area contributed by atoms with Gasteiger partial charge in [-0.05, 0) is 42.0 Å². The van der Waals surface area contributed by atoms with Gasteiger partial charge in [0.25, 0.3) is 0 Å². The van der Waals surface area contributed by atoms with E-state index in [9.17, 15) is 4.39 Å². The van der Waals surface area contributed by atoms with Gasteiger partial charge in [-0.1, -0.05) is 12.1 Å². The van der Waals surface area contributed by atoms with Crippen LogP contribution in [-0.2, 0) is 4.74 Å². The standard InChI is InChI=1S/C18H17FN4O.ClH/c19-15-5-1-14(2-6-15)18-21-12-23(22-18)16-7-3-13(4-8-16)17-11-20-9-10-24-17;/h1-8,12,17,20H,9-11H2;1H/t17-;/m1./s1. The number of benzene rings is 2. The average Bonchev–Trinajstić information content (AvgIpc) is 3.13. The Labute approximate surface area is 151 Å². The summed E-state index contributed by atoms with van der Waals surface area (Å²) >= 11 is 0. The summed E-state index contributed by atoms with van der Waals surface area (Å²) in [5, 5.41) is 7.79. The van der Waals surface area contributed by atoms with E-state index in [-0.39, 0.29) is 24.3 Å². The van der Waals surface area contributed by atoms with Crippen LogP contribution in [0.25, 0.3) is 17.1 Å². The normalized spacial score (nSPS) is 17.1. The second-order valence-corrected chi connectivity index (χ2v) is 5.67. The van der Waals surface area contributed by atoms with Crippen LogP contribution in [0.4, 0.5) is 4.39 Å². The molecule has 0 radical (unpaired) electrons. The molecule has 1 aliphatic heterocycles. The monoisotopic (exact) mass is 360 g/mol.